The van der Waals surface area contributed by atoms with Crippen LogP contribution in [0.2, 0.25) is 0 Å². The van der Waals surface area contributed by atoms with Gasteiger partial charge in [0.1, 0.15) is 0 Å². The SMILES string of the molecule is CCN(CC)Cc1ccccc1CNC(=NC)NC1CC2CCC1O2.I. The van der Waals surface area contributed by atoms with Crippen molar-refractivity contribution in [1.29, 1.82) is 0 Å². The number of benzene rings is 1. The van der Waals surface area contributed by atoms with Crippen molar-refractivity contribution in [2.75, 3.05) is 20.1 Å². The molecule has 2 saturated heterocycles. The lowest BCUT2D eigenvalue weighted by atomic mass is 9.96. The normalized spacial score (nSPS) is 24.6. The molecule has 0 saturated carbocycles. The van der Waals surface area contributed by atoms with Crippen LogP contribution < -0.4 is 10.6 Å². The van der Waals surface area contributed by atoms with Crippen LogP contribution in [0.15, 0.2) is 29.3 Å². The van der Waals surface area contributed by atoms with Gasteiger partial charge in [-0.05, 0) is 43.5 Å². The van der Waals surface area contributed by atoms with Crippen LogP contribution in [0.3, 0.4) is 0 Å². The third-order valence-electron chi connectivity index (χ3n) is 5.50. The number of rotatable bonds is 7. The van der Waals surface area contributed by atoms with Crippen LogP contribution in [0, 0.1) is 0 Å². The number of fused-ring (bicyclic) bond motifs is 2. The minimum absolute atomic E-state index is 0. The second-order valence-corrected chi connectivity index (χ2v) is 7.02. The standard InChI is InChI=1S/C20H32N4O.HI/c1-4-24(5-2)14-16-9-7-6-8-15(16)13-22-20(21-3)23-18-12-17-10-11-19(18)25-17;/h6-9,17-19H,4-5,10-14H2,1-3H3,(H2,21,22,23);1H. The van der Waals surface area contributed by atoms with E-state index in [1.54, 1.807) is 0 Å². The zero-order valence-electron chi connectivity index (χ0n) is 16.2. The van der Waals surface area contributed by atoms with Gasteiger partial charge in [-0.25, -0.2) is 0 Å². The minimum atomic E-state index is 0. The van der Waals surface area contributed by atoms with E-state index >= 15 is 0 Å². The first kappa shape index (κ1) is 21.4. The highest BCUT2D eigenvalue weighted by atomic mass is 127. The Balaban J connectivity index is 0.00000243. The van der Waals surface area contributed by atoms with Gasteiger partial charge in [0.15, 0.2) is 5.96 Å². The van der Waals surface area contributed by atoms with Gasteiger partial charge in [0.2, 0.25) is 0 Å². The monoisotopic (exact) mass is 472 g/mol. The Labute approximate surface area is 175 Å². The summed E-state index contributed by atoms with van der Waals surface area (Å²) in [6.45, 7) is 8.37. The maximum absolute atomic E-state index is 5.93. The van der Waals surface area contributed by atoms with E-state index in [4.69, 9.17) is 4.74 Å². The quantitative estimate of drug-likeness (QED) is 0.364. The first-order valence-electron chi connectivity index (χ1n) is 9.65. The number of hydrogen-bond donors (Lipinski definition) is 2. The van der Waals surface area contributed by atoms with Crippen molar-refractivity contribution in [3.63, 3.8) is 0 Å². The number of nitrogens with zero attached hydrogens (tertiary/aromatic N) is 2. The lowest BCUT2D eigenvalue weighted by Gasteiger charge is -2.23. The lowest BCUT2D eigenvalue weighted by molar-refractivity contribution is 0.0992. The van der Waals surface area contributed by atoms with E-state index in [1.165, 1.54) is 24.0 Å². The van der Waals surface area contributed by atoms with E-state index in [1.807, 2.05) is 7.05 Å². The minimum Gasteiger partial charge on any atom is -0.373 e. The molecule has 2 N–H and O–H groups in total. The Morgan fingerprint density at radius 2 is 1.92 bits per heavy atom. The first-order chi connectivity index (χ1) is 12.2. The Morgan fingerprint density at radius 1 is 1.19 bits per heavy atom. The maximum atomic E-state index is 5.93. The van der Waals surface area contributed by atoms with Crippen LogP contribution in [-0.4, -0.2) is 49.2 Å². The van der Waals surface area contributed by atoms with Gasteiger partial charge >= 0.3 is 0 Å². The van der Waals surface area contributed by atoms with Gasteiger partial charge in [-0.1, -0.05) is 38.1 Å². The van der Waals surface area contributed by atoms with Crippen molar-refractivity contribution in [3.8, 4) is 0 Å². The molecule has 0 radical (unpaired) electrons. The van der Waals surface area contributed by atoms with Crippen molar-refractivity contribution >= 4 is 29.9 Å². The van der Waals surface area contributed by atoms with Gasteiger partial charge in [-0.3, -0.25) is 9.89 Å². The van der Waals surface area contributed by atoms with Gasteiger partial charge in [0, 0.05) is 20.1 Å². The van der Waals surface area contributed by atoms with Crippen molar-refractivity contribution in [2.24, 2.45) is 4.99 Å². The summed E-state index contributed by atoms with van der Waals surface area (Å²) >= 11 is 0. The molecule has 2 aliphatic heterocycles. The summed E-state index contributed by atoms with van der Waals surface area (Å²) in [4.78, 5) is 6.84. The van der Waals surface area contributed by atoms with E-state index < -0.39 is 0 Å². The molecule has 0 amide bonds. The topological polar surface area (TPSA) is 48.9 Å². The fourth-order valence-corrected chi connectivity index (χ4v) is 3.91. The molecule has 0 aromatic heterocycles. The average Bonchev–Trinajstić information content (AvgIpc) is 3.27. The van der Waals surface area contributed by atoms with Crippen molar-refractivity contribution in [3.05, 3.63) is 35.4 Å². The maximum Gasteiger partial charge on any atom is 0.191 e. The molecule has 6 heteroatoms. The van der Waals surface area contributed by atoms with E-state index in [0.717, 1.165) is 38.6 Å². The van der Waals surface area contributed by atoms with Crippen LogP contribution in [-0.2, 0) is 17.8 Å². The summed E-state index contributed by atoms with van der Waals surface area (Å²) < 4.78 is 5.93. The van der Waals surface area contributed by atoms with Crippen LogP contribution in [0.25, 0.3) is 0 Å². The molecule has 26 heavy (non-hydrogen) atoms. The number of nitrogens with one attached hydrogen (secondary N) is 2. The molecular formula is C20H33IN4O. The summed E-state index contributed by atoms with van der Waals surface area (Å²) in [6, 6.07) is 9.08. The second kappa shape index (κ2) is 10.5. The molecule has 3 unspecified atom stereocenters. The van der Waals surface area contributed by atoms with Crippen molar-refractivity contribution < 1.29 is 4.74 Å². The van der Waals surface area contributed by atoms with Crippen molar-refractivity contribution in [1.82, 2.24) is 15.5 Å². The second-order valence-electron chi connectivity index (χ2n) is 7.02. The fourth-order valence-electron chi connectivity index (χ4n) is 3.91. The average molecular weight is 472 g/mol. The number of guanidine groups is 1. The third kappa shape index (κ3) is 5.33. The van der Waals surface area contributed by atoms with Crippen LogP contribution in [0.1, 0.15) is 44.2 Å². The molecular weight excluding hydrogens is 439 g/mol. The molecule has 2 aliphatic rings. The highest BCUT2D eigenvalue weighted by Crippen LogP contribution is 2.34. The van der Waals surface area contributed by atoms with E-state index in [9.17, 15) is 0 Å². The molecule has 2 bridgehead atoms. The van der Waals surface area contributed by atoms with Gasteiger partial charge in [0.25, 0.3) is 0 Å². The number of ether oxygens (including phenoxy) is 1. The highest BCUT2D eigenvalue weighted by molar-refractivity contribution is 14.0. The summed E-state index contributed by atoms with van der Waals surface area (Å²) in [5.74, 6) is 0.874. The van der Waals surface area contributed by atoms with E-state index in [2.05, 4.69) is 58.6 Å². The molecule has 3 rings (SSSR count). The van der Waals surface area contributed by atoms with E-state index in [-0.39, 0.29) is 24.0 Å². The highest BCUT2D eigenvalue weighted by Gasteiger charge is 2.41. The molecule has 0 spiro atoms. The molecule has 1 aromatic carbocycles. The smallest absolute Gasteiger partial charge is 0.191 e. The van der Waals surface area contributed by atoms with Gasteiger partial charge in [0.05, 0.1) is 18.2 Å². The van der Waals surface area contributed by atoms with Gasteiger partial charge in [-0.15, -0.1) is 24.0 Å². The Bertz CT molecular complexity index is 591. The number of aliphatic imine (C=N–C) groups is 1. The van der Waals surface area contributed by atoms with E-state index in [0.29, 0.717) is 18.2 Å². The molecule has 3 atom stereocenters. The fraction of sp³-hybridized carbons (Fsp3) is 0.650. The third-order valence-corrected chi connectivity index (χ3v) is 5.50. The summed E-state index contributed by atoms with van der Waals surface area (Å²) in [5, 5.41) is 7.04. The largest absolute Gasteiger partial charge is 0.373 e. The first-order valence-corrected chi connectivity index (χ1v) is 9.65. The van der Waals surface area contributed by atoms with Crippen molar-refractivity contribution in [2.45, 2.75) is 64.4 Å². The number of hydrogen-bond acceptors (Lipinski definition) is 3. The van der Waals surface area contributed by atoms with Gasteiger partial charge in [-0.2, -0.15) is 0 Å². The Hall–Kier alpha value is -0.860. The van der Waals surface area contributed by atoms with Crippen LogP contribution >= 0.6 is 24.0 Å². The molecule has 146 valence electrons. The predicted molar refractivity (Wildman–Crippen MR) is 118 cm³/mol. The molecule has 1 aromatic rings. The van der Waals surface area contributed by atoms with Crippen LogP contribution in [0.5, 0.6) is 0 Å². The zero-order valence-corrected chi connectivity index (χ0v) is 18.5. The summed E-state index contributed by atoms with van der Waals surface area (Å²) in [5.41, 5.74) is 2.72. The molecule has 2 heterocycles. The molecule has 2 fully saturated rings. The lowest BCUT2D eigenvalue weighted by Crippen LogP contribution is -2.47. The van der Waals surface area contributed by atoms with Gasteiger partial charge < -0.3 is 15.4 Å². The summed E-state index contributed by atoms with van der Waals surface area (Å²) in [6.07, 6.45) is 4.30. The summed E-state index contributed by atoms with van der Waals surface area (Å²) in [7, 11) is 1.84. The van der Waals surface area contributed by atoms with Crippen LogP contribution in [0.4, 0.5) is 0 Å². The predicted octanol–water partition coefficient (Wildman–Crippen LogP) is 3.13. The number of halogens is 1. The zero-order chi connectivity index (χ0) is 17.6. The Kier molecular flexibility index (Phi) is 8.63. The molecule has 5 nitrogen and oxygen atoms in total. The Morgan fingerprint density at radius 3 is 2.50 bits per heavy atom. The molecule has 0 aliphatic carbocycles.